The molecule has 2 aromatic heterocycles. The Morgan fingerprint density at radius 3 is 2.82 bits per heavy atom. The molecular weight excluding hydrogens is 278 g/mol. The van der Waals surface area contributed by atoms with Crippen LogP contribution in [-0.2, 0) is 0 Å². The molecule has 1 aromatic carbocycles. The molecule has 0 spiro atoms. The first kappa shape index (κ1) is 12.9. The van der Waals surface area contributed by atoms with Crippen LogP contribution in [0.3, 0.4) is 0 Å². The molecule has 0 bridgehead atoms. The summed E-state index contributed by atoms with van der Waals surface area (Å²) in [6.45, 7) is 2.08. The van der Waals surface area contributed by atoms with Crippen LogP contribution in [0.25, 0.3) is 0 Å². The largest absolute Gasteiger partial charge is 0.467 e. The molecule has 112 valence electrons. The van der Waals surface area contributed by atoms with Crippen molar-refractivity contribution < 1.29 is 4.42 Å². The fraction of sp³-hybridized carbons (Fsp3) is 0.250. The monoisotopic (exact) mass is 295 g/mol. The van der Waals surface area contributed by atoms with Gasteiger partial charge in [-0.3, -0.25) is 0 Å². The average Bonchev–Trinajstić information content (AvgIpc) is 3.15. The number of benzene rings is 1. The third-order valence-corrected chi connectivity index (χ3v) is 4.06. The number of rotatable bonds is 2. The molecule has 0 saturated carbocycles. The summed E-state index contributed by atoms with van der Waals surface area (Å²) in [6, 6.07) is 12.5. The highest BCUT2D eigenvalue weighted by atomic mass is 16.3. The van der Waals surface area contributed by atoms with Crippen molar-refractivity contribution in [2.75, 3.05) is 11.1 Å². The molecular formula is C16H17N5O. The third-order valence-electron chi connectivity index (χ3n) is 4.06. The Hall–Kier alpha value is -2.76. The molecule has 3 aromatic rings. The predicted molar refractivity (Wildman–Crippen MR) is 83.4 cm³/mol. The van der Waals surface area contributed by atoms with Gasteiger partial charge in [-0.2, -0.15) is 4.98 Å². The Morgan fingerprint density at radius 1 is 1.27 bits per heavy atom. The fourth-order valence-electron chi connectivity index (χ4n) is 2.93. The Kier molecular flexibility index (Phi) is 2.89. The summed E-state index contributed by atoms with van der Waals surface area (Å²) in [5, 5.41) is 7.70. The van der Waals surface area contributed by atoms with E-state index in [2.05, 4.69) is 46.6 Å². The first-order valence-corrected chi connectivity index (χ1v) is 7.29. The van der Waals surface area contributed by atoms with Crippen molar-refractivity contribution in [2.45, 2.75) is 25.4 Å². The summed E-state index contributed by atoms with van der Waals surface area (Å²) in [7, 11) is 0. The van der Waals surface area contributed by atoms with Crippen LogP contribution in [0.15, 0.2) is 47.1 Å². The second-order valence-electron chi connectivity index (χ2n) is 5.61. The molecule has 2 atom stereocenters. The van der Waals surface area contributed by atoms with Crippen LogP contribution in [0.1, 0.15) is 35.4 Å². The van der Waals surface area contributed by atoms with Gasteiger partial charge in [-0.05, 0) is 24.6 Å². The van der Waals surface area contributed by atoms with E-state index in [9.17, 15) is 0 Å². The van der Waals surface area contributed by atoms with Crippen LogP contribution in [-0.4, -0.2) is 14.8 Å². The first-order chi connectivity index (χ1) is 10.7. The van der Waals surface area contributed by atoms with Gasteiger partial charge in [0.25, 0.3) is 0 Å². The maximum absolute atomic E-state index is 5.76. The second-order valence-corrected chi connectivity index (χ2v) is 5.61. The van der Waals surface area contributed by atoms with E-state index < -0.39 is 0 Å². The molecule has 6 heteroatoms. The number of hydrogen-bond donors (Lipinski definition) is 2. The number of nitrogen functional groups attached to an aromatic ring is 1. The topological polar surface area (TPSA) is 81.9 Å². The Labute approximate surface area is 128 Å². The van der Waals surface area contributed by atoms with E-state index >= 15 is 0 Å². The first-order valence-electron chi connectivity index (χ1n) is 7.29. The van der Waals surface area contributed by atoms with Crippen LogP contribution in [0.5, 0.6) is 0 Å². The fourth-order valence-corrected chi connectivity index (χ4v) is 2.93. The molecule has 3 N–H and O–H groups in total. The Balaban J connectivity index is 1.74. The van der Waals surface area contributed by atoms with Gasteiger partial charge in [0.15, 0.2) is 0 Å². The summed E-state index contributed by atoms with van der Waals surface area (Å²) in [6.07, 6.45) is 2.50. The molecule has 6 nitrogen and oxygen atoms in total. The second kappa shape index (κ2) is 4.91. The Bertz CT molecular complexity index is 775. The average molecular weight is 295 g/mol. The number of aromatic nitrogens is 3. The maximum atomic E-state index is 5.76. The van der Waals surface area contributed by atoms with Crippen molar-refractivity contribution in [3.8, 4) is 0 Å². The van der Waals surface area contributed by atoms with Crippen LogP contribution in [0.4, 0.5) is 11.9 Å². The number of aryl methyl sites for hydroxylation is 1. The normalized spacial score (nSPS) is 20.4. The number of nitrogens with one attached hydrogen (secondary N) is 1. The quantitative estimate of drug-likeness (QED) is 0.759. The van der Waals surface area contributed by atoms with Crippen molar-refractivity contribution in [3.05, 3.63) is 59.5 Å². The molecule has 0 saturated heterocycles. The molecule has 0 radical (unpaired) electrons. The molecule has 0 amide bonds. The highest BCUT2D eigenvalue weighted by Crippen LogP contribution is 2.38. The van der Waals surface area contributed by atoms with Crippen molar-refractivity contribution in [2.24, 2.45) is 0 Å². The smallest absolute Gasteiger partial charge is 0.241 e. The van der Waals surface area contributed by atoms with E-state index in [-0.39, 0.29) is 18.0 Å². The van der Waals surface area contributed by atoms with E-state index in [1.54, 1.807) is 10.9 Å². The zero-order chi connectivity index (χ0) is 15.1. The highest BCUT2D eigenvalue weighted by molar-refractivity contribution is 5.41. The van der Waals surface area contributed by atoms with E-state index in [1.165, 1.54) is 11.1 Å². The molecule has 0 fully saturated rings. The SMILES string of the molecule is Cc1ccc([C@H]2C[C@@H](c3ccco3)n3nc(N)nc3N2)cc1. The molecule has 3 heterocycles. The molecule has 1 aliphatic rings. The standard InChI is InChI=1S/C16H17N5O/c1-10-4-6-11(7-5-10)12-9-13(14-3-2-8-22-14)21-16(18-12)19-15(17)20-21/h2-8,12-13H,9H2,1H3,(H3,17,18,19,20)/t12-,13+/m1/s1. The molecule has 1 aliphatic heterocycles. The number of nitrogens with two attached hydrogens (primary N) is 1. The maximum Gasteiger partial charge on any atom is 0.241 e. The van der Waals surface area contributed by atoms with Gasteiger partial charge in [0.1, 0.15) is 11.8 Å². The van der Waals surface area contributed by atoms with Gasteiger partial charge in [0, 0.05) is 6.42 Å². The van der Waals surface area contributed by atoms with E-state index in [4.69, 9.17) is 10.2 Å². The summed E-state index contributed by atoms with van der Waals surface area (Å²) in [4.78, 5) is 4.28. The highest BCUT2D eigenvalue weighted by Gasteiger charge is 2.32. The minimum atomic E-state index is -0.0117. The van der Waals surface area contributed by atoms with Crippen molar-refractivity contribution >= 4 is 11.9 Å². The number of anilines is 2. The summed E-state index contributed by atoms with van der Waals surface area (Å²) < 4.78 is 7.39. The minimum absolute atomic E-state index is 0.0117. The van der Waals surface area contributed by atoms with Gasteiger partial charge in [0.2, 0.25) is 11.9 Å². The molecule has 0 unspecified atom stereocenters. The van der Waals surface area contributed by atoms with E-state index in [0.29, 0.717) is 5.95 Å². The molecule has 4 rings (SSSR count). The van der Waals surface area contributed by atoms with Gasteiger partial charge in [-0.1, -0.05) is 29.8 Å². The summed E-state index contributed by atoms with van der Waals surface area (Å²) in [5.41, 5.74) is 8.23. The lowest BCUT2D eigenvalue weighted by atomic mass is 9.96. The number of hydrogen-bond acceptors (Lipinski definition) is 5. The summed E-state index contributed by atoms with van der Waals surface area (Å²) in [5.74, 6) is 1.81. The van der Waals surface area contributed by atoms with Crippen LogP contribution in [0, 0.1) is 6.92 Å². The van der Waals surface area contributed by atoms with Gasteiger partial charge in [-0.25, -0.2) is 4.68 Å². The predicted octanol–water partition coefficient (Wildman–Crippen LogP) is 2.91. The van der Waals surface area contributed by atoms with Gasteiger partial charge in [-0.15, -0.1) is 5.10 Å². The number of fused-ring (bicyclic) bond motifs is 1. The number of nitrogens with zero attached hydrogens (tertiary/aromatic N) is 3. The lowest BCUT2D eigenvalue weighted by molar-refractivity contribution is 0.359. The zero-order valence-corrected chi connectivity index (χ0v) is 12.2. The van der Waals surface area contributed by atoms with E-state index in [0.717, 1.165) is 12.2 Å². The van der Waals surface area contributed by atoms with Gasteiger partial charge >= 0.3 is 0 Å². The van der Waals surface area contributed by atoms with Gasteiger partial charge in [0.05, 0.1) is 12.3 Å². The lowest BCUT2D eigenvalue weighted by Crippen LogP contribution is -2.27. The van der Waals surface area contributed by atoms with Crippen LogP contribution < -0.4 is 11.1 Å². The van der Waals surface area contributed by atoms with E-state index in [1.807, 2.05) is 12.1 Å². The molecule has 22 heavy (non-hydrogen) atoms. The summed E-state index contributed by atoms with van der Waals surface area (Å²) >= 11 is 0. The van der Waals surface area contributed by atoms with Crippen LogP contribution in [0.2, 0.25) is 0 Å². The van der Waals surface area contributed by atoms with Crippen LogP contribution >= 0.6 is 0 Å². The lowest BCUT2D eigenvalue weighted by Gasteiger charge is -2.30. The number of furan rings is 1. The van der Waals surface area contributed by atoms with Crippen molar-refractivity contribution in [3.63, 3.8) is 0 Å². The van der Waals surface area contributed by atoms with Crippen molar-refractivity contribution in [1.82, 2.24) is 14.8 Å². The zero-order valence-electron chi connectivity index (χ0n) is 12.2. The minimum Gasteiger partial charge on any atom is -0.467 e. The Morgan fingerprint density at radius 2 is 2.09 bits per heavy atom. The molecule has 0 aliphatic carbocycles. The van der Waals surface area contributed by atoms with Gasteiger partial charge < -0.3 is 15.5 Å². The van der Waals surface area contributed by atoms with Crippen molar-refractivity contribution in [1.29, 1.82) is 0 Å². The third kappa shape index (κ3) is 2.13.